The van der Waals surface area contributed by atoms with Crippen molar-refractivity contribution in [2.24, 2.45) is 0 Å². The van der Waals surface area contributed by atoms with Gasteiger partial charge in [-0.1, -0.05) is 17.7 Å². The van der Waals surface area contributed by atoms with E-state index < -0.39 is 0 Å². The number of benzene rings is 1. The molecule has 0 aliphatic heterocycles. The summed E-state index contributed by atoms with van der Waals surface area (Å²) >= 11 is 5.95. The molecule has 0 saturated carbocycles. The summed E-state index contributed by atoms with van der Waals surface area (Å²) in [4.78, 5) is 3.08. The highest BCUT2D eigenvalue weighted by Gasteiger charge is 2.02. The van der Waals surface area contributed by atoms with Gasteiger partial charge in [-0.3, -0.25) is 0 Å². The van der Waals surface area contributed by atoms with E-state index in [9.17, 15) is 0 Å². The van der Waals surface area contributed by atoms with Gasteiger partial charge in [0.25, 0.3) is 0 Å². The third kappa shape index (κ3) is 1.04. The molecular formula is C9H8ClNO. The summed E-state index contributed by atoms with van der Waals surface area (Å²) < 4.78 is 5.04. The van der Waals surface area contributed by atoms with Gasteiger partial charge in [-0.25, -0.2) is 0 Å². The zero-order chi connectivity index (χ0) is 8.55. The molecule has 0 atom stereocenters. The van der Waals surface area contributed by atoms with Crippen LogP contribution in [-0.2, 0) is 0 Å². The van der Waals surface area contributed by atoms with E-state index in [0.717, 1.165) is 21.8 Å². The maximum absolute atomic E-state index is 5.95. The first-order valence-corrected chi connectivity index (χ1v) is 4.00. The van der Waals surface area contributed by atoms with Crippen molar-refractivity contribution in [3.8, 4) is 5.88 Å². The molecule has 2 nitrogen and oxygen atoms in total. The molecule has 1 aromatic heterocycles. The Morgan fingerprint density at radius 1 is 1.42 bits per heavy atom. The predicted molar refractivity (Wildman–Crippen MR) is 49.9 cm³/mol. The minimum Gasteiger partial charge on any atom is -0.482 e. The number of hydrogen-bond donors (Lipinski definition) is 1. The van der Waals surface area contributed by atoms with E-state index in [0.29, 0.717) is 0 Å². The molecular weight excluding hydrogens is 174 g/mol. The Kier molecular flexibility index (Phi) is 1.70. The zero-order valence-electron chi connectivity index (χ0n) is 6.60. The highest BCUT2D eigenvalue weighted by molar-refractivity contribution is 6.35. The van der Waals surface area contributed by atoms with E-state index in [-0.39, 0.29) is 0 Å². The molecule has 0 amide bonds. The van der Waals surface area contributed by atoms with E-state index in [2.05, 4.69) is 4.98 Å². The van der Waals surface area contributed by atoms with Crippen molar-refractivity contribution >= 4 is 22.5 Å². The summed E-state index contributed by atoms with van der Waals surface area (Å²) in [6.07, 6.45) is 0. The van der Waals surface area contributed by atoms with Crippen molar-refractivity contribution in [2.75, 3.05) is 7.11 Å². The second-order valence-electron chi connectivity index (χ2n) is 2.54. The third-order valence-corrected chi connectivity index (χ3v) is 2.14. The fourth-order valence-electron chi connectivity index (χ4n) is 1.20. The summed E-state index contributed by atoms with van der Waals surface area (Å²) in [6, 6.07) is 7.61. The van der Waals surface area contributed by atoms with Crippen molar-refractivity contribution in [1.82, 2.24) is 4.98 Å². The molecule has 0 spiro atoms. The Balaban J connectivity index is 2.74. The van der Waals surface area contributed by atoms with Gasteiger partial charge in [0.1, 0.15) is 0 Å². The molecule has 0 bridgehead atoms. The molecule has 2 aromatic rings. The molecule has 0 unspecified atom stereocenters. The van der Waals surface area contributed by atoms with Gasteiger partial charge in [0, 0.05) is 17.0 Å². The summed E-state index contributed by atoms with van der Waals surface area (Å²) in [6.45, 7) is 0. The van der Waals surface area contributed by atoms with Crippen LogP contribution in [0.4, 0.5) is 0 Å². The molecule has 12 heavy (non-hydrogen) atoms. The second kappa shape index (κ2) is 2.72. The molecule has 0 fully saturated rings. The van der Waals surface area contributed by atoms with Crippen LogP contribution >= 0.6 is 11.6 Å². The molecule has 62 valence electrons. The largest absolute Gasteiger partial charge is 0.482 e. The Hall–Kier alpha value is -1.15. The lowest BCUT2D eigenvalue weighted by Gasteiger charge is -1.89. The number of methoxy groups -OCH3 is 1. The summed E-state index contributed by atoms with van der Waals surface area (Å²) in [5, 5.41) is 1.74. The first-order valence-electron chi connectivity index (χ1n) is 3.62. The molecule has 0 aliphatic rings. The monoisotopic (exact) mass is 181 g/mol. The van der Waals surface area contributed by atoms with Crippen LogP contribution in [0.5, 0.6) is 5.88 Å². The topological polar surface area (TPSA) is 25.0 Å². The Labute approximate surface area is 75.1 Å². The molecule has 0 saturated heterocycles. The third-order valence-electron chi connectivity index (χ3n) is 1.81. The highest BCUT2D eigenvalue weighted by Crippen LogP contribution is 2.26. The average molecular weight is 182 g/mol. The van der Waals surface area contributed by atoms with Crippen molar-refractivity contribution in [1.29, 1.82) is 0 Å². The van der Waals surface area contributed by atoms with E-state index in [1.165, 1.54) is 0 Å². The van der Waals surface area contributed by atoms with Crippen LogP contribution in [0.15, 0.2) is 24.3 Å². The van der Waals surface area contributed by atoms with Gasteiger partial charge in [-0.2, -0.15) is 0 Å². The van der Waals surface area contributed by atoms with Gasteiger partial charge in [-0.05, 0) is 12.1 Å². The maximum Gasteiger partial charge on any atom is 0.191 e. The molecule has 0 aliphatic carbocycles. The van der Waals surface area contributed by atoms with E-state index in [1.54, 1.807) is 7.11 Å². The number of hydrogen-bond acceptors (Lipinski definition) is 1. The minimum absolute atomic E-state index is 0.734. The van der Waals surface area contributed by atoms with Gasteiger partial charge >= 0.3 is 0 Å². The Bertz CT molecular complexity index is 408. The second-order valence-corrected chi connectivity index (χ2v) is 2.95. The zero-order valence-corrected chi connectivity index (χ0v) is 7.35. The van der Waals surface area contributed by atoms with Crippen molar-refractivity contribution < 1.29 is 4.74 Å². The molecule has 1 aromatic carbocycles. The number of aromatic nitrogens is 1. The van der Waals surface area contributed by atoms with E-state index >= 15 is 0 Å². The lowest BCUT2D eigenvalue weighted by molar-refractivity contribution is 0.401. The number of nitrogens with one attached hydrogen (secondary N) is 1. The fourth-order valence-corrected chi connectivity index (χ4v) is 1.43. The first kappa shape index (κ1) is 7.50. The summed E-state index contributed by atoms with van der Waals surface area (Å²) in [5.41, 5.74) is 0.999. The molecule has 1 heterocycles. The number of ether oxygens (including phenoxy) is 1. The van der Waals surface area contributed by atoms with Gasteiger partial charge in [0.05, 0.1) is 12.1 Å². The van der Waals surface area contributed by atoms with Crippen LogP contribution in [-0.4, -0.2) is 12.1 Å². The summed E-state index contributed by atoms with van der Waals surface area (Å²) in [7, 11) is 1.62. The van der Waals surface area contributed by atoms with Gasteiger partial charge in [0.15, 0.2) is 5.88 Å². The number of halogens is 1. The van der Waals surface area contributed by atoms with Crippen LogP contribution in [0.3, 0.4) is 0 Å². The standard InChI is InChI=1S/C9H8ClNO/c1-12-9-5-6-7(10)3-2-4-8(6)11-9/h2-5,11H,1H3. The lowest BCUT2D eigenvalue weighted by Crippen LogP contribution is -1.79. The number of rotatable bonds is 1. The minimum atomic E-state index is 0.734. The number of H-pyrrole nitrogens is 1. The normalized spacial score (nSPS) is 10.5. The first-order chi connectivity index (χ1) is 5.81. The molecule has 3 heteroatoms. The molecule has 1 N–H and O–H groups in total. The van der Waals surface area contributed by atoms with Gasteiger partial charge in [0.2, 0.25) is 0 Å². The van der Waals surface area contributed by atoms with Crippen LogP contribution < -0.4 is 4.74 Å². The predicted octanol–water partition coefficient (Wildman–Crippen LogP) is 2.83. The average Bonchev–Trinajstić information content (AvgIpc) is 2.49. The van der Waals surface area contributed by atoms with Crippen LogP contribution in [0.25, 0.3) is 10.9 Å². The number of aromatic amines is 1. The quantitative estimate of drug-likeness (QED) is 0.719. The van der Waals surface area contributed by atoms with E-state index in [4.69, 9.17) is 16.3 Å². The van der Waals surface area contributed by atoms with Crippen molar-refractivity contribution in [2.45, 2.75) is 0 Å². The van der Waals surface area contributed by atoms with Crippen molar-refractivity contribution in [3.05, 3.63) is 29.3 Å². The Morgan fingerprint density at radius 2 is 2.25 bits per heavy atom. The van der Waals surface area contributed by atoms with Gasteiger partial charge < -0.3 is 9.72 Å². The SMILES string of the molecule is COc1cc2c(Cl)cccc2[nH]1. The lowest BCUT2D eigenvalue weighted by atomic mass is 10.2. The maximum atomic E-state index is 5.95. The Morgan fingerprint density at radius 3 is 2.92 bits per heavy atom. The van der Waals surface area contributed by atoms with Gasteiger partial charge in [-0.15, -0.1) is 0 Å². The number of fused-ring (bicyclic) bond motifs is 1. The van der Waals surface area contributed by atoms with Crippen molar-refractivity contribution in [3.63, 3.8) is 0 Å². The van der Waals surface area contributed by atoms with Crippen LogP contribution in [0, 0.1) is 0 Å². The smallest absolute Gasteiger partial charge is 0.191 e. The fraction of sp³-hybridized carbons (Fsp3) is 0.111. The highest BCUT2D eigenvalue weighted by atomic mass is 35.5. The van der Waals surface area contributed by atoms with Crippen LogP contribution in [0.1, 0.15) is 0 Å². The molecule has 2 rings (SSSR count). The van der Waals surface area contributed by atoms with E-state index in [1.807, 2.05) is 24.3 Å². The summed E-state index contributed by atoms with van der Waals surface area (Å²) in [5.74, 6) is 0.734. The molecule has 0 radical (unpaired) electrons. The van der Waals surface area contributed by atoms with Crippen LogP contribution in [0.2, 0.25) is 5.02 Å².